The van der Waals surface area contributed by atoms with Gasteiger partial charge in [0.2, 0.25) is 0 Å². The first kappa shape index (κ1) is 12.1. The van der Waals surface area contributed by atoms with Crippen molar-refractivity contribution >= 4 is 0 Å². The first-order valence-corrected chi connectivity index (χ1v) is 7.42. The van der Waals surface area contributed by atoms with Crippen molar-refractivity contribution < 1.29 is 0 Å². The molecule has 18 heavy (non-hydrogen) atoms. The van der Waals surface area contributed by atoms with Gasteiger partial charge < -0.3 is 5.32 Å². The zero-order valence-corrected chi connectivity index (χ0v) is 11.0. The van der Waals surface area contributed by atoms with Gasteiger partial charge in [-0.15, -0.1) is 0 Å². The van der Waals surface area contributed by atoms with E-state index in [1.807, 2.05) is 12.4 Å². The van der Waals surface area contributed by atoms with Gasteiger partial charge in [-0.3, -0.25) is 0 Å². The van der Waals surface area contributed by atoms with E-state index in [1.54, 1.807) is 6.33 Å². The second-order valence-corrected chi connectivity index (χ2v) is 5.86. The summed E-state index contributed by atoms with van der Waals surface area (Å²) in [7, 11) is 0. The van der Waals surface area contributed by atoms with Crippen LogP contribution < -0.4 is 5.32 Å². The van der Waals surface area contributed by atoms with Crippen molar-refractivity contribution in [1.29, 1.82) is 0 Å². The van der Waals surface area contributed by atoms with E-state index in [0.717, 1.165) is 12.0 Å². The molecule has 1 N–H and O–H groups in total. The topological polar surface area (TPSA) is 37.8 Å². The van der Waals surface area contributed by atoms with E-state index in [1.165, 1.54) is 57.1 Å². The van der Waals surface area contributed by atoms with Crippen LogP contribution in [0.5, 0.6) is 0 Å². The molecule has 2 aliphatic rings. The summed E-state index contributed by atoms with van der Waals surface area (Å²) in [6.45, 7) is 1.18. The highest BCUT2D eigenvalue weighted by Crippen LogP contribution is 2.36. The molecule has 0 aromatic carbocycles. The maximum Gasteiger partial charge on any atom is 0.115 e. The molecule has 2 atom stereocenters. The third-order valence-corrected chi connectivity index (χ3v) is 4.41. The van der Waals surface area contributed by atoms with Gasteiger partial charge in [0.05, 0.1) is 0 Å². The largest absolute Gasteiger partial charge is 0.314 e. The Labute approximate surface area is 109 Å². The van der Waals surface area contributed by atoms with Gasteiger partial charge >= 0.3 is 0 Å². The average Bonchev–Trinajstić information content (AvgIpc) is 3.24. The molecule has 98 valence electrons. The standard InChI is InChI=1S/C15H23N3/c1-2-4-12(10-18-14-6-7-14)15(5-3-1)13-8-16-11-17-9-13/h8-9,11-12,14-15,18H,1-7,10H2. The van der Waals surface area contributed by atoms with Crippen LogP contribution in [-0.2, 0) is 0 Å². The van der Waals surface area contributed by atoms with Crippen LogP contribution in [0.3, 0.4) is 0 Å². The van der Waals surface area contributed by atoms with Gasteiger partial charge in [0, 0.05) is 18.4 Å². The van der Waals surface area contributed by atoms with Crippen LogP contribution in [0.15, 0.2) is 18.7 Å². The maximum absolute atomic E-state index is 4.20. The van der Waals surface area contributed by atoms with Gasteiger partial charge in [0.1, 0.15) is 6.33 Å². The van der Waals surface area contributed by atoms with Gasteiger partial charge in [-0.2, -0.15) is 0 Å². The molecule has 1 aromatic heterocycles. The number of nitrogens with one attached hydrogen (secondary N) is 1. The minimum atomic E-state index is 0.667. The van der Waals surface area contributed by atoms with Crippen molar-refractivity contribution in [2.24, 2.45) is 5.92 Å². The average molecular weight is 245 g/mol. The molecule has 3 nitrogen and oxygen atoms in total. The number of hydrogen-bond acceptors (Lipinski definition) is 3. The Bertz CT molecular complexity index is 361. The summed E-state index contributed by atoms with van der Waals surface area (Å²) in [6.07, 6.45) is 15.3. The van der Waals surface area contributed by atoms with Gasteiger partial charge in [0.15, 0.2) is 0 Å². The van der Waals surface area contributed by atoms with Gasteiger partial charge in [-0.05, 0) is 49.6 Å². The Morgan fingerprint density at radius 1 is 1.00 bits per heavy atom. The third-order valence-electron chi connectivity index (χ3n) is 4.41. The summed E-state index contributed by atoms with van der Waals surface area (Å²) in [5, 5.41) is 3.71. The quantitative estimate of drug-likeness (QED) is 0.829. The van der Waals surface area contributed by atoms with Crippen LogP contribution in [0.25, 0.3) is 0 Å². The maximum atomic E-state index is 4.20. The highest BCUT2D eigenvalue weighted by Gasteiger charge is 2.28. The Balaban J connectivity index is 1.69. The van der Waals surface area contributed by atoms with Crippen molar-refractivity contribution in [2.75, 3.05) is 6.54 Å². The van der Waals surface area contributed by atoms with E-state index in [2.05, 4.69) is 15.3 Å². The Morgan fingerprint density at radius 2 is 1.78 bits per heavy atom. The van der Waals surface area contributed by atoms with Crippen LogP contribution in [0.1, 0.15) is 56.4 Å². The summed E-state index contributed by atoms with van der Waals surface area (Å²) >= 11 is 0. The third kappa shape index (κ3) is 3.08. The van der Waals surface area contributed by atoms with E-state index in [-0.39, 0.29) is 0 Å². The van der Waals surface area contributed by atoms with E-state index >= 15 is 0 Å². The molecule has 3 rings (SSSR count). The molecule has 2 unspecified atom stereocenters. The Morgan fingerprint density at radius 3 is 2.56 bits per heavy atom. The normalized spacial score (nSPS) is 28.9. The lowest BCUT2D eigenvalue weighted by Crippen LogP contribution is -2.28. The fourth-order valence-electron chi connectivity index (χ4n) is 3.18. The smallest absolute Gasteiger partial charge is 0.115 e. The Kier molecular flexibility index (Phi) is 3.89. The zero-order chi connectivity index (χ0) is 12.2. The van der Waals surface area contributed by atoms with Crippen molar-refractivity contribution in [3.63, 3.8) is 0 Å². The molecular weight excluding hydrogens is 222 g/mol. The molecule has 0 radical (unpaired) electrons. The first-order chi connectivity index (χ1) is 8.93. The molecule has 1 aromatic rings. The molecule has 1 heterocycles. The molecule has 0 spiro atoms. The summed E-state index contributed by atoms with van der Waals surface area (Å²) < 4.78 is 0. The fraction of sp³-hybridized carbons (Fsp3) is 0.733. The number of nitrogens with zero attached hydrogens (tertiary/aromatic N) is 2. The minimum Gasteiger partial charge on any atom is -0.314 e. The molecule has 0 saturated heterocycles. The summed E-state index contributed by atoms with van der Waals surface area (Å²) in [6, 6.07) is 0.820. The van der Waals surface area contributed by atoms with E-state index in [0.29, 0.717) is 5.92 Å². The van der Waals surface area contributed by atoms with E-state index < -0.39 is 0 Å². The number of rotatable bonds is 4. The van der Waals surface area contributed by atoms with Gasteiger partial charge in [-0.25, -0.2) is 9.97 Å². The predicted molar refractivity (Wildman–Crippen MR) is 72.4 cm³/mol. The minimum absolute atomic E-state index is 0.667. The molecule has 3 heteroatoms. The molecular formula is C15H23N3. The molecule has 0 bridgehead atoms. The molecule has 2 saturated carbocycles. The lowest BCUT2D eigenvalue weighted by atomic mass is 9.83. The number of hydrogen-bond donors (Lipinski definition) is 1. The van der Waals surface area contributed by atoms with Crippen LogP contribution in [0, 0.1) is 5.92 Å². The van der Waals surface area contributed by atoms with Crippen LogP contribution in [0.2, 0.25) is 0 Å². The lowest BCUT2D eigenvalue weighted by Gasteiger charge is -2.25. The van der Waals surface area contributed by atoms with Crippen LogP contribution in [0.4, 0.5) is 0 Å². The van der Waals surface area contributed by atoms with Crippen molar-refractivity contribution in [3.05, 3.63) is 24.3 Å². The zero-order valence-electron chi connectivity index (χ0n) is 11.0. The Hall–Kier alpha value is -0.960. The summed E-state index contributed by atoms with van der Waals surface area (Å²) in [5.74, 6) is 1.44. The summed E-state index contributed by atoms with van der Waals surface area (Å²) in [4.78, 5) is 8.40. The SMILES string of the molecule is c1ncc(C2CCCCCC2CNC2CC2)cn1. The summed E-state index contributed by atoms with van der Waals surface area (Å²) in [5.41, 5.74) is 1.35. The predicted octanol–water partition coefficient (Wildman–Crippen LogP) is 2.89. The molecule has 0 aliphatic heterocycles. The highest BCUT2D eigenvalue weighted by molar-refractivity contribution is 5.12. The molecule has 0 amide bonds. The highest BCUT2D eigenvalue weighted by atomic mass is 14.9. The monoisotopic (exact) mass is 245 g/mol. The van der Waals surface area contributed by atoms with Crippen molar-refractivity contribution in [2.45, 2.75) is 56.9 Å². The van der Waals surface area contributed by atoms with Gasteiger partial charge in [0.25, 0.3) is 0 Å². The lowest BCUT2D eigenvalue weighted by molar-refractivity contribution is 0.373. The van der Waals surface area contributed by atoms with Crippen molar-refractivity contribution in [3.8, 4) is 0 Å². The molecule has 2 fully saturated rings. The van der Waals surface area contributed by atoms with Crippen molar-refractivity contribution in [1.82, 2.24) is 15.3 Å². The van der Waals surface area contributed by atoms with E-state index in [4.69, 9.17) is 0 Å². The van der Waals surface area contributed by atoms with Gasteiger partial charge in [-0.1, -0.05) is 19.3 Å². The van der Waals surface area contributed by atoms with E-state index in [9.17, 15) is 0 Å². The molecule has 2 aliphatic carbocycles. The second-order valence-electron chi connectivity index (χ2n) is 5.86. The second kappa shape index (κ2) is 5.79. The van der Waals surface area contributed by atoms with Crippen LogP contribution >= 0.6 is 0 Å². The number of aromatic nitrogens is 2. The first-order valence-electron chi connectivity index (χ1n) is 7.42. The fourth-order valence-corrected chi connectivity index (χ4v) is 3.18. The van der Waals surface area contributed by atoms with Crippen LogP contribution in [-0.4, -0.2) is 22.6 Å².